The highest BCUT2D eigenvalue weighted by Crippen LogP contribution is 2.24. The predicted octanol–water partition coefficient (Wildman–Crippen LogP) is 1.82. The Hall–Kier alpha value is -1.80. The second kappa shape index (κ2) is 8.48. The molecule has 0 radical (unpaired) electrons. The van der Waals surface area contributed by atoms with Gasteiger partial charge in [0.05, 0.1) is 23.6 Å². The summed E-state index contributed by atoms with van der Waals surface area (Å²) in [6.07, 6.45) is 3.53. The Morgan fingerprint density at radius 1 is 1.15 bits per heavy atom. The van der Waals surface area contributed by atoms with E-state index in [9.17, 15) is 18.0 Å². The lowest BCUT2D eigenvalue weighted by atomic mass is 10.1. The van der Waals surface area contributed by atoms with Gasteiger partial charge in [0.2, 0.25) is 0 Å². The van der Waals surface area contributed by atoms with Crippen LogP contribution in [0.25, 0.3) is 0 Å². The highest BCUT2D eigenvalue weighted by molar-refractivity contribution is 7.91. The highest BCUT2D eigenvalue weighted by Gasteiger charge is 2.48. The van der Waals surface area contributed by atoms with Crippen molar-refractivity contribution in [2.45, 2.75) is 37.8 Å². The third-order valence-electron chi connectivity index (χ3n) is 5.01. The summed E-state index contributed by atoms with van der Waals surface area (Å²) in [5.41, 5.74) is 0.584. The number of nitrogens with zero attached hydrogens (tertiary/aromatic N) is 1. The zero-order chi connectivity index (χ0) is 19.4. The van der Waals surface area contributed by atoms with Crippen LogP contribution >= 0.6 is 11.6 Å². The second-order valence-electron chi connectivity index (χ2n) is 7.07. The van der Waals surface area contributed by atoms with Gasteiger partial charge in [0.25, 0.3) is 5.91 Å². The van der Waals surface area contributed by atoms with E-state index in [0.29, 0.717) is 23.7 Å². The van der Waals surface area contributed by atoms with E-state index in [1.807, 2.05) is 0 Å². The summed E-state index contributed by atoms with van der Waals surface area (Å²) in [6.45, 7) is 1.16. The quantitative estimate of drug-likeness (QED) is 0.502. The Labute approximate surface area is 164 Å². The lowest BCUT2D eigenvalue weighted by Crippen LogP contribution is -2.37. The molecule has 0 saturated carbocycles. The van der Waals surface area contributed by atoms with E-state index >= 15 is 0 Å². The van der Waals surface area contributed by atoms with Crippen LogP contribution in [0.4, 0.5) is 4.79 Å². The summed E-state index contributed by atoms with van der Waals surface area (Å²) in [4.78, 5) is 25.6. The lowest BCUT2D eigenvalue weighted by Gasteiger charge is -2.21. The van der Waals surface area contributed by atoms with Crippen molar-refractivity contribution in [3.63, 3.8) is 0 Å². The number of rotatable bonds is 8. The van der Waals surface area contributed by atoms with Crippen LogP contribution < -0.4 is 10.6 Å². The molecule has 148 valence electrons. The summed E-state index contributed by atoms with van der Waals surface area (Å²) in [6, 6.07) is 6.11. The number of hydrogen-bond acceptors (Lipinski definition) is 4. The Morgan fingerprint density at radius 3 is 2.59 bits per heavy atom. The van der Waals surface area contributed by atoms with Crippen molar-refractivity contribution in [2.24, 2.45) is 0 Å². The van der Waals surface area contributed by atoms with Gasteiger partial charge in [-0.1, -0.05) is 24.4 Å². The molecular formula is C18H24ClN3O4S. The number of benzene rings is 1. The first kappa shape index (κ1) is 19.9. The summed E-state index contributed by atoms with van der Waals surface area (Å²) in [5.74, 6) is -0.00530. The standard InChI is InChI=1S/C18H24ClN3O4S/c19-14-7-5-13(6-8-14)17(23)20-9-3-1-2-4-10-22-16-12-27(25,26)11-15(16)21-18(22)24/h5-8,15-16H,1-4,9-12H2,(H,20,23)(H,21,24). The third-order valence-corrected chi connectivity index (χ3v) is 6.98. The smallest absolute Gasteiger partial charge is 0.318 e. The zero-order valence-corrected chi connectivity index (χ0v) is 16.6. The molecule has 2 aliphatic heterocycles. The number of sulfone groups is 1. The molecule has 0 aliphatic carbocycles. The Bertz CT molecular complexity index is 797. The molecule has 2 aliphatic rings. The van der Waals surface area contributed by atoms with Crippen LogP contribution in [0.5, 0.6) is 0 Å². The number of carbonyl (C=O) groups is 2. The summed E-state index contributed by atoms with van der Waals surface area (Å²) in [5, 5.41) is 6.24. The van der Waals surface area contributed by atoms with Gasteiger partial charge < -0.3 is 15.5 Å². The molecule has 0 spiro atoms. The highest BCUT2D eigenvalue weighted by atomic mass is 35.5. The van der Waals surface area contributed by atoms with Crippen molar-refractivity contribution in [3.8, 4) is 0 Å². The van der Waals surface area contributed by atoms with Gasteiger partial charge in [-0.15, -0.1) is 0 Å². The van der Waals surface area contributed by atoms with E-state index in [1.54, 1.807) is 29.2 Å². The van der Waals surface area contributed by atoms with E-state index in [-0.39, 0.29) is 35.5 Å². The van der Waals surface area contributed by atoms with E-state index in [4.69, 9.17) is 11.6 Å². The second-order valence-corrected chi connectivity index (χ2v) is 9.66. The molecule has 9 heteroatoms. The van der Waals surface area contributed by atoms with Gasteiger partial charge in [-0.25, -0.2) is 13.2 Å². The lowest BCUT2D eigenvalue weighted by molar-refractivity contribution is 0.0953. The van der Waals surface area contributed by atoms with Gasteiger partial charge in [-0.3, -0.25) is 4.79 Å². The zero-order valence-electron chi connectivity index (χ0n) is 15.0. The summed E-state index contributed by atoms with van der Waals surface area (Å²) >= 11 is 5.80. The minimum absolute atomic E-state index is 0.0488. The molecule has 2 unspecified atom stereocenters. The van der Waals surface area contributed by atoms with Crippen LogP contribution in [0, 0.1) is 0 Å². The van der Waals surface area contributed by atoms with E-state index in [1.165, 1.54) is 0 Å². The minimum atomic E-state index is -3.04. The maximum atomic E-state index is 12.0. The maximum absolute atomic E-state index is 12.0. The molecule has 2 saturated heterocycles. The van der Waals surface area contributed by atoms with Crippen LogP contribution in [0.2, 0.25) is 5.02 Å². The number of nitrogens with one attached hydrogen (secondary N) is 2. The number of carbonyl (C=O) groups excluding carboxylic acids is 2. The fraction of sp³-hybridized carbons (Fsp3) is 0.556. The van der Waals surface area contributed by atoms with Gasteiger partial charge in [0.15, 0.2) is 9.84 Å². The Balaban J connectivity index is 1.30. The van der Waals surface area contributed by atoms with Crippen molar-refractivity contribution in [1.29, 1.82) is 0 Å². The summed E-state index contributed by atoms with van der Waals surface area (Å²) in [7, 11) is -3.04. The normalized spacial score (nSPS) is 23.1. The van der Waals surface area contributed by atoms with Crippen molar-refractivity contribution < 1.29 is 18.0 Å². The fourth-order valence-electron chi connectivity index (χ4n) is 3.60. The first-order valence-corrected chi connectivity index (χ1v) is 11.4. The van der Waals surface area contributed by atoms with Crippen molar-refractivity contribution in [2.75, 3.05) is 24.6 Å². The topological polar surface area (TPSA) is 95.6 Å². The Kier molecular flexibility index (Phi) is 6.26. The van der Waals surface area contributed by atoms with E-state index in [2.05, 4.69) is 10.6 Å². The third kappa shape index (κ3) is 5.13. The van der Waals surface area contributed by atoms with Crippen molar-refractivity contribution in [1.82, 2.24) is 15.5 Å². The SMILES string of the molecule is O=C(NCCCCCCN1C(=O)NC2CS(=O)(=O)CC21)c1ccc(Cl)cc1. The fourth-order valence-corrected chi connectivity index (χ4v) is 5.65. The van der Waals surface area contributed by atoms with Crippen molar-refractivity contribution >= 4 is 33.4 Å². The minimum Gasteiger partial charge on any atom is -0.352 e. The van der Waals surface area contributed by atoms with E-state index in [0.717, 1.165) is 25.7 Å². The summed E-state index contributed by atoms with van der Waals surface area (Å²) < 4.78 is 23.4. The molecule has 0 aromatic heterocycles. The van der Waals surface area contributed by atoms with Gasteiger partial charge in [0.1, 0.15) is 0 Å². The number of amides is 3. The molecule has 3 rings (SSSR count). The molecule has 0 bridgehead atoms. The van der Waals surface area contributed by atoms with Crippen LogP contribution in [0.1, 0.15) is 36.0 Å². The molecule has 27 heavy (non-hydrogen) atoms. The molecule has 3 amide bonds. The largest absolute Gasteiger partial charge is 0.352 e. The van der Waals surface area contributed by atoms with E-state index < -0.39 is 9.84 Å². The number of halogens is 1. The number of fused-ring (bicyclic) bond motifs is 1. The Morgan fingerprint density at radius 2 is 1.85 bits per heavy atom. The molecule has 2 heterocycles. The average molecular weight is 414 g/mol. The van der Waals surface area contributed by atoms with Gasteiger partial charge in [-0.05, 0) is 37.1 Å². The van der Waals surface area contributed by atoms with Crippen LogP contribution in [0.3, 0.4) is 0 Å². The molecule has 2 N–H and O–H groups in total. The first-order chi connectivity index (χ1) is 12.9. The molecule has 2 fully saturated rings. The van der Waals surface area contributed by atoms with Crippen LogP contribution in [-0.2, 0) is 9.84 Å². The van der Waals surface area contributed by atoms with Gasteiger partial charge in [-0.2, -0.15) is 0 Å². The number of hydrogen-bond donors (Lipinski definition) is 2. The maximum Gasteiger partial charge on any atom is 0.318 e. The van der Waals surface area contributed by atoms with Crippen LogP contribution in [-0.4, -0.2) is 61.9 Å². The molecule has 7 nitrogen and oxygen atoms in total. The van der Waals surface area contributed by atoms with Gasteiger partial charge >= 0.3 is 6.03 Å². The molecule has 2 atom stereocenters. The molecule has 1 aromatic carbocycles. The molecule has 1 aromatic rings. The number of urea groups is 1. The molecular weight excluding hydrogens is 390 g/mol. The number of unbranched alkanes of at least 4 members (excludes halogenated alkanes) is 3. The predicted molar refractivity (Wildman–Crippen MR) is 104 cm³/mol. The van der Waals surface area contributed by atoms with Crippen molar-refractivity contribution in [3.05, 3.63) is 34.9 Å². The monoisotopic (exact) mass is 413 g/mol. The average Bonchev–Trinajstić information content (AvgIpc) is 3.05. The first-order valence-electron chi connectivity index (χ1n) is 9.17. The van der Waals surface area contributed by atoms with Crippen LogP contribution in [0.15, 0.2) is 24.3 Å². The van der Waals surface area contributed by atoms with Gasteiger partial charge in [0, 0.05) is 23.7 Å².